The van der Waals surface area contributed by atoms with Crippen LogP contribution < -0.4 is 5.73 Å². The molecule has 1 atom stereocenters. The van der Waals surface area contributed by atoms with Crippen molar-refractivity contribution in [1.29, 1.82) is 0 Å². The van der Waals surface area contributed by atoms with Gasteiger partial charge in [0.1, 0.15) is 0 Å². The highest BCUT2D eigenvalue weighted by molar-refractivity contribution is 5.98. The first-order chi connectivity index (χ1) is 10.2. The number of likely N-dealkylation sites (tertiary alicyclic amines) is 1. The second-order valence-corrected chi connectivity index (χ2v) is 6.35. The lowest BCUT2D eigenvalue weighted by atomic mass is 9.83. The molecular weight excluding hydrogens is 264 g/mol. The number of amides is 1. The number of hydrogen-bond donors (Lipinski definition) is 2. The van der Waals surface area contributed by atoms with Crippen molar-refractivity contribution in [3.8, 4) is 5.75 Å². The predicted molar refractivity (Wildman–Crippen MR) is 83.2 cm³/mol. The molecule has 2 aliphatic rings. The second-order valence-electron chi connectivity index (χ2n) is 6.35. The molecule has 0 bridgehead atoms. The average molecular weight is 288 g/mol. The van der Waals surface area contributed by atoms with Crippen molar-refractivity contribution in [2.24, 2.45) is 5.92 Å². The average Bonchev–Trinajstić information content (AvgIpc) is 3.00. The van der Waals surface area contributed by atoms with Crippen LogP contribution in [0.3, 0.4) is 0 Å². The van der Waals surface area contributed by atoms with Gasteiger partial charge >= 0.3 is 0 Å². The van der Waals surface area contributed by atoms with Crippen LogP contribution in [0.2, 0.25) is 0 Å². The van der Waals surface area contributed by atoms with E-state index in [1.54, 1.807) is 18.2 Å². The van der Waals surface area contributed by atoms with Crippen molar-refractivity contribution in [3.05, 3.63) is 23.8 Å². The van der Waals surface area contributed by atoms with Crippen molar-refractivity contribution in [3.63, 3.8) is 0 Å². The van der Waals surface area contributed by atoms with Crippen molar-refractivity contribution >= 4 is 11.6 Å². The Hall–Kier alpha value is -1.71. The van der Waals surface area contributed by atoms with Crippen LogP contribution in [0.5, 0.6) is 5.75 Å². The molecule has 114 valence electrons. The molecule has 4 heteroatoms. The fraction of sp³-hybridized carbons (Fsp3) is 0.588. The number of benzene rings is 1. The lowest BCUT2D eigenvalue weighted by Gasteiger charge is -2.34. The van der Waals surface area contributed by atoms with Crippen LogP contribution in [0.1, 0.15) is 55.3 Å². The zero-order valence-corrected chi connectivity index (χ0v) is 12.4. The van der Waals surface area contributed by atoms with E-state index < -0.39 is 0 Å². The van der Waals surface area contributed by atoms with Crippen LogP contribution in [0.25, 0.3) is 0 Å². The third-order valence-corrected chi connectivity index (χ3v) is 5.05. The molecule has 0 aromatic heterocycles. The Labute approximate surface area is 125 Å². The molecule has 1 unspecified atom stereocenters. The minimum atomic E-state index is -0.0724. The quantitative estimate of drug-likeness (QED) is 0.649. The molecule has 2 fully saturated rings. The van der Waals surface area contributed by atoms with Crippen LogP contribution in [0, 0.1) is 5.92 Å². The summed E-state index contributed by atoms with van der Waals surface area (Å²) < 4.78 is 0. The van der Waals surface area contributed by atoms with Crippen molar-refractivity contribution < 1.29 is 9.90 Å². The number of nitrogens with zero attached hydrogens (tertiary/aromatic N) is 1. The second kappa shape index (κ2) is 5.96. The standard InChI is InChI=1S/C17H24N2O2/c18-14-9-4-8-13(16(14)20)17(21)19-11-5-10-15(19)12-6-2-1-3-7-12/h4,8-9,12,15,20H,1-3,5-7,10-11,18H2. The van der Waals surface area contributed by atoms with Gasteiger partial charge in [-0.1, -0.05) is 25.3 Å². The first kappa shape index (κ1) is 14.2. The zero-order chi connectivity index (χ0) is 14.8. The van der Waals surface area contributed by atoms with E-state index in [2.05, 4.69) is 0 Å². The van der Waals surface area contributed by atoms with Gasteiger partial charge in [0.05, 0.1) is 11.3 Å². The number of carbonyl (C=O) groups is 1. The highest BCUT2D eigenvalue weighted by Crippen LogP contribution is 2.36. The summed E-state index contributed by atoms with van der Waals surface area (Å²) in [5.74, 6) is 0.498. The SMILES string of the molecule is Nc1cccc(C(=O)N2CCCC2C2CCCCC2)c1O. The lowest BCUT2D eigenvalue weighted by Crippen LogP contribution is -2.40. The smallest absolute Gasteiger partial charge is 0.257 e. The normalized spacial score (nSPS) is 23.4. The summed E-state index contributed by atoms with van der Waals surface area (Å²) in [6.07, 6.45) is 8.52. The third kappa shape index (κ3) is 2.71. The van der Waals surface area contributed by atoms with Gasteiger partial charge in [0, 0.05) is 12.6 Å². The van der Waals surface area contributed by atoms with Gasteiger partial charge in [-0.05, 0) is 43.7 Å². The third-order valence-electron chi connectivity index (χ3n) is 5.05. The Morgan fingerprint density at radius 3 is 2.67 bits per heavy atom. The van der Waals surface area contributed by atoms with Gasteiger partial charge in [-0.25, -0.2) is 0 Å². The number of para-hydroxylation sites is 1. The van der Waals surface area contributed by atoms with E-state index in [1.165, 1.54) is 32.1 Å². The summed E-state index contributed by atoms with van der Waals surface area (Å²) >= 11 is 0. The molecule has 1 saturated carbocycles. The molecular formula is C17H24N2O2. The topological polar surface area (TPSA) is 66.6 Å². The van der Waals surface area contributed by atoms with Crippen molar-refractivity contribution in [2.75, 3.05) is 12.3 Å². The number of phenols is 1. The molecule has 1 aromatic rings. The summed E-state index contributed by atoms with van der Waals surface area (Å²) in [6, 6.07) is 5.37. The van der Waals surface area contributed by atoms with Crippen LogP contribution in [-0.2, 0) is 0 Å². The minimum absolute atomic E-state index is 0.0622. The molecule has 1 aliphatic heterocycles. The summed E-state index contributed by atoms with van der Waals surface area (Å²) in [7, 11) is 0. The molecule has 4 nitrogen and oxygen atoms in total. The van der Waals surface area contributed by atoms with E-state index in [9.17, 15) is 9.90 Å². The first-order valence-corrected chi connectivity index (χ1v) is 8.07. The van der Waals surface area contributed by atoms with Gasteiger partial charge in [0.2, 0.25) is 0 Å². The van der Waals surface area contributed by atoms with E-state index in [0.717, 1.165) is 19.4 Å². The van der Waals surface area contributed by atoms with Gasteiger partial charge in [-0.2, -0.15) is 0 Å². The maximum atomic E-state index is 12.8. The fourth-order valence-corrected chi connectivity index (χ4v) is 3.94. The minimum Gasteiger partial charge on any atom is -0.505 e. The predicted octanol–water partition coefficient (Wildman–Crippen LogP) is 3.16. The van der Waals surface area contributed by atoms with E-state index in [1.807, 2.05) is 4.90 Å². The molecule has 0 radical (unpaired) electrons. The van der Waals surface area contributed by atoms with Crippen molar-refractivity contribution in [1.82, 2.24) is 4.90 Å². The molecule has 3 rings (SSSR count). The van der Waals surface area contributed by atoms with Crippen LogP contribution in [0.15, 0.2) is 18.2 Å². The van der Waals surface area contributed by atoms with E-state index in [0.29, 0.717) is 17.5 Å². The number of phenolic OH excluding ortho intramolecular Hbond substituents is 1. The first-order valence-electron chi connectivity index (χ1n) is 8.07. The van der Waals surface area contributed by atoms with Crippen LogP contribution in [0.4, 0.5) is 5.69 Å². The van der Waals surface area contributed by atoms with Gasteiger partial charge < -0.3 is 15.7 Å². The van der Waals surface area contributed by atoms with Gasteiger partial charge in [0.25, 0.3) is 5.91 Å². The maximum absolute atomic E-state index is 12.8. The Kier molecular flexibility index (Phi) is 4.04. The van der Waals surface area contributed by atoms with E-state index in [-0.39, 0.29) is 17.3 Å². The van der Waals surface area contributed by atoms with Crippen LogP contribution >= 0.6 is 0 Å². The molecule has 3 N–H and O–H groups in total. The molecule has 1 saturated heterocycles. The summed E-state index contributed by atoms with van der Waals surface area (Å²) in [5.41, 5.74) is 6.33. The number of carbonyl (C=O) groups excluding carboxylic acids is 1. The van der Waals surface area contributed by atoms with Crippen molar-refractivity contribution in [2.45, 2.75) is 51.0 Å². The van der Waals surface area contributed by atoms with E-state index >= 15 is 0 Å². The highest BCUT2D eigenvalue weighted by Gasteiger charge is 2.36. The Morgan fingerprint density at radius 2 is 1.90 bits per heavy atom. The number of nitrogen functional groups attached to an aromatic ring is 1. The summed E-state index contributed by atoms with van der Waals surface area (Å²) in [6.45, 7) is 0.800. The molecule has 1 heterocycles. The monoisotopic (exact) mass is 288 g/mol. The lowest BCUT2D eigenvalue weighted by molar-refractivity contribution is 0.0658. The molecule has 0 spiro atoms. The maximum Gasteiger partial charge on any atom is 0.257 e. The number of rotatable bonds is 2. The summed E-state index contributed by atoms with van der Waals surface area (Å²) in [5, 5.41) is 10.1. The fourth-order valence-electron chi connectivity index (χ4n) is 3.94. The van der Waals surface area contributed by atoms with Gasteiger partial charge in [0.15, 0.2) is 5.75 Å². The largest absolute Gasteiger partial charge is 0.505 e. The number of anilines is 1. The van der Waals surface area contributed by atoms with Gasteiger partial charge in [-0.15, -0.1) is 0 Å². The number of nitrogens with two attached hydrogens (primary N) is 1. The molecule has 1 aromatic carbocycles. The molecule has 1 amide bonds. The Morgan fingerprint density at radius 1 is 1.14 bits per heavy atom. The van der Waals surface area contributed by atoms with E-state index in [4.69, 9.17) is 5.73 Å². The number of aromatic hydroxyl groups is 1. The van der Waals surface area contributed by atoms with Gasteiger partial charge in [-0.3, -0.25) is 4.79 Å². The number of hydrogen-bond acceptors (Lipinski definition) is 3. The molecule has 1 aliphatic carbocycles. The molecule has 21 heavy (non-hydrogen) atoms. The highest BCUT2D eigenvalue weighted by atomic mass is 16.3. The zero-order valence-electron chi connectivity index (χ0n) is 12.4. The summed E-state index contributed by atoms with van der Waals surface area (Å²) in [4.78, 5) is 14.8. The Bertz CT molecular complexity index is 524. The van der Waals surface area contributed by atoms with Crippen LogP contribution in [-0.4, -0.2) is 28.5 Å². The Balaban J connectivity index is 1.81.